The summed E-state index contributed by atoms with van der Waals surface area (Å²) in [7, 11) is 0. The van der Waals surface area contributed by atoms with Crippen LogP contribution in [0.25, 0.3) is 0 Å². The molecule has 0 unspecified atom stereocenters. The molecule has 0 aromatic rings. The van der Waals surface area contributed by atoms with Crippen LogP contribution in [0, 0.1) is 0 Å². The van der Waals surface area contributed by atoms with Crippen LogP contribution < -0.4 is 11.1 Å². The van der Waals surface area contributed by atoms with Crippen molar-refractivity contribution in [3.05, 3.63) is 0 Å². The molecule has 0 fully saturated rings. The van der Waals surface area contributed by atoms with Crippen LogP contribution in [0.4, 0.5) is 0 Å². The molecule has 0 saturated heterocycles. The first-order valence-corrected chi connectivity index (χ1v) is 4.77. The zero-order chi connectivity index (χ0) is 11.8. The fourth-order valence-corrected chi connectivity index (χ4v) is 1.05. The number of nitrogens with two attached hydrogens (primary N) is 1. The van der Waals surface area contributed by atoms with Crippen LogP contribution in [0.3, 0.4) is 0 Å². The van der Waals surface area contributed by atoms with Gasteiger partial charge in [0.1, 0.15) is 6.04 Å². The maximum atomic E-state index is 11.1. The largest absolute Gasteiger partial charge is 0.481 e. The third kappa shape index (κ3) is 6.48. The Hall–Kier alpha value is -1.59. The van der Waals surface area contributed by atoms with Gasteiger partial charge < -0.3 is 16.2 Å². The van der Waals surface area contributed by atoms with E-state index >= 15 is 0 Å². The molecule has 0 aromatic heterocycles. The Kier molecular flexibility index (Phi) is 6.08. The summed E-state index contributed by atoms with van der Waals surface area (Å²) in [6.45, 7) is 1.83. The second-order valence-corrected chi connectivity index (χ2v) is 3.20. The van der Waals surface area contributed by atoms with E-state index in [-0.39, 0.29) is 18.7 Å². The lowest BCUT2D eigenvalue weighted by molar-refractivity contribution is -0.137. The molecule has 15 heavy (non-hydrogen) atoms. The lowest BCUT2D eigenvalue weighted by Gasteiger charge is -2.13. The molecule has 0 aliphatic rings. The highest BCUT2D eigenvalue weighted by Crippen LogP contribution is 1.98. The molecule has 0 saturated carbocycles. The lowest BCUT2D eigenvalue weighted by atomic mass is 10.1. The molecule has 0 heterocycles. The Balaban J connectivity index is 4.10. The summed E-state index contributed by atoms with van der Waals surface area (Å²) < 4.78 is 0. The van der Waals surface area contributed by atoms with Gasteiger partial charge in [0.25, 0.3) is 0 Å². The molecule has 0 rings (SSSR count). The van der Waals surface area contributed by atoms with Gasteiger partial charge in [0.2, 0.25) is 11.8 Å². The number of amides is 2. The van der Waals surface area contributed by atoms with Crippen molar-refractivity contribution in [2.24, 2.45) is 5.73 Å². The fourth-order valence-electron chi connectivity index (χ4n) is 1.05. The van der Waals surface area contributed by atoms with Gasteiger partial charge in [-0.2, -0.15) is 0 Å². The molecule has 4 N–H and O–H groups in total. The Morgan fingerprint density at radius 3 is 2.33 bits per heavy atom. The van der Waals surface area contributed by atoms with Crippen LogP contribution in [0.15, 0.2) is 0 Å². The molecule has 0 radical (unpaired) electrons. The van der Waals surface area contributed by atoms with Crippen molar-refractivity contribution in [2.45, 2.75) is 38.6 Å². The second-order valence-electron chi connectivity index (χ2n) is 3.20. The van der Waals surface area contributed by atoms with Gasteiger partial charge in [0.05, 0.1) is 0 Å². The van der Waals surface area contributed by atoms with Crippen molar-refractivity contribution in [1.29, 1.82) is 0 Å². The summed E-state index contributed by atoms with van der Waals surface area (Å²) in [5.74, 6) is -2.02. The summed E-state index contributed by atoms with van der Waals surface area (Å²) >= 11 is 0. The van der Waals surface area contributed by atoms with Gasteiger partial charge in [-0.3, -0.25) is 14.4 Å². The first-order chi connectivity index (χ1) is 6.97. The number of hydrogen-bond donors (Lipinski definition) is 3. The minimum atomic E-state index is -1.02. The van der Waals surface area contributed by atoms with Crippen LogP contribution in [0.2, 0.25) is 0 Å². The molecule has 0 aromatic carbocycles. The summed E-state index contributed by atoms with van der Waals surface area (Å²) in [5.41, 5.74) is 5.02. The summed E-state index contributed by atoms with van der Waals surface area (Å²) in [6.07, 6.45) is 0.799. The molecule has 6 nitrogen and oxygen atoms in total. The third-order valence-corrected chi connectivity index (χ3v) is 1.80. The topological polar surface area (TPSA) is 109 Å². The SMILES string of the molecule is CCCC(=O)N[C@H](CCC(=O)O)C(N)=O. The van der Waals surface area contributed by atoms with Gasteiger partial charge in [-0.15, -0.1) is 0 Å². The molecule has 0 bridgehead atoms. The van der Waals surface area contributed by atoms with Crippen LogP contribution in [-0.4, -0.2) is 28.9 Å². The van der Waals surface area contributed by atoms with E-state index in [9.17, 15) is 14.4 Å². The minimum Gasteiger partial charge on any atom is -0.481 e. The van der Waals surface area contributed by atoms with Crippen molar-refractivity contribution >= 4 is 17.8 Å². The highest BCUT2D eigenvalue weighted by molar-refractivity contribution is 5.86. The van der Waals surface area contributed by atoms with Crippen molar-refractivity contribution in [3.63, 3.8) is 0 Å². The van der Waals surface area contributed by atoms with E-state index in [1.54, 1.807) is 0 Å². The number of carbonyl (C=O) groups is 3. The number of carboxylic acids is 1. The number of carboxylic acid groups (broad SMARTS) is 1. The van der Waals surface area contributed by atoms with Crippen LogP contribution in [0.5, 0.6) is 0 Å². The zero-order valence-corrected chi connectivity index (χ0v) is 8.66. The average Bonchev–Trinajstić information content (AvgIpc) is 2.11. The van der Waals surface area contributed by atoms with E-state index in [0.717, 1.165) is 0 Å². The molecule has 1 atom stereocenters. The monoisotopic (exact) mass is 216 g/mol. The smallest absolute Gasteiger partial charge is 0.303 e. The number of primary amides is 1. The zero-order valence-electron chi connectivity index (χ0n) is 8.66. The van der Waals surface area contributed by atoms with Crippen molar-refractivity contribution < 1.29 is 19.5 Å². The average molecular weight is 216 g/mol. The van der Waals surface area contributed by atoms with Gasteiger partial charge in [-0.1, -0.05) is 6.92 Å². The summed E-state index contributed by atoms with van der Waals surface area (Å²) in [6, 6.07) is -0.889. The molecule has 0 spiro atoms. The third-order valence-electron chi connectivity index (χ3n) is 1.80. The predicted octanol–water partition coefficient (Wildman–Crippen LogP) is -0.379. The van der Waals surface area contributed by atoms with Gasteiger partial charge in [0, 0.05) is 12.8 Å². The molecule has 0 aliphatic heterocycles. The number of nitrogens with one attached hydrogen (secondary N) is 1. The molecule has 6 heteroatoms. The molecule has 86 valence electrons. The maximum Gasteiger partial charge on any atom is 0.303 e. The van der Waals surface area contributed by atoms with E-state index < -0.39 is 17.9 Å². The first kappa shape index (κ1) is 13.4. The molecular weight excluding hydrogens is 200 g/mol. The van der Waals surface area contributed by atoms with E-state index in [0.29, 0.717) is 12.8 Å². The standard InChI is InChI=1S/C9H16N2O4/c1-2-3-7(12)11-6(9(10)15)4-5-8(13)14/h6H,2-5H2,1H3,(H2,10,15)(H,11,12)(H,13,14)/t6-/m1/s1. The van der Waals surface area contributed by atoms with Crippen molar-refractivity contribution in [2.75, 3.05) is 0 Å². The summed E-state index contributed by atoms with van der Waals surface area (Å²) in [5, 5.41) is 10.8. The lowest BCUT2D eigenvalue weighted by Crippen LogP contribution is -2.44. The molecular formula is C9H16N2O4. The van der Waals surface area contributed by atoms with E-state index in [2.05, 4.69) is 5.32 Å². The fraction of sp³-hybridized carbons (Fsp3) is 0.667. The highest BCUT2D eigenvalue weighted by atomic mass is 16.4. The van der Waals surface area contributed by atoms with Gasteiger partial charge in [-0.25, -0.2) is 0 Å². The Bertz CT molecular complexity index is 252. The number of carbonyl (C=O) groups excluding carboxylic acids is 2. The van der Waals surface area contributed by atoms with Crippen LogP contribution >= 0.6 is 0 Å². The number of hydrogen-bond acceptors (Lipinski definition) is 3. The minimum absolute atomic E-state index is 0.0279. The van der Waals surface area contributed by atoms with Gasteiger partial charge in [0.15, 0.2) is 0 Å². The summed E-state index contributed by atoms with van der Waals surface area (Å²) in [4.78, 5) is 32.3. The van der Waals surface area contributed by atoms with E-state index in [1.807, 2.05) is 6.92 Å². The van der Waals surface area contributed by atoms with E-state index in [4.69, 9.17) is 10.8 Å². The van der Waals surface area contributed by atoms with E-state index in [1.165, 1.54) is 0 Å². The van der Waals surface area contributed by atoms with Crippen LogP contribution in [0.1, 0.15) is 32.6 Å². The second kappa shape index (κ2) is 6.80. The van der Waals surface area contributed by atoms with Crippen LogP contribution in [-0.2, 0) is 14.4 Å². The predicted molar refractivity (Wildman–Crippen MR) is 52.9 cm³/mol. The Labute approximate surface area is 87.8 Å². The normalized spacial score (nSPS) is 11.8. The highest BCUT2D eigenvalue weighted by Gasteiger charge is 2.18. The first-order valence-electron chi connectivity index (χ1n) is 4.77. The Morgan fingerprint density at radius 2 is 1.93 bits per heavy atom. The maximum absolute atomic E-state index is 11.1. The van der Waals surface area contributed by atoms with Crippen molar-refractivity contribution in [3.8, 4) is 0 Å². The number of aliphatic carboxylic acids is 1. The van der Waals surface area contributed by atoms with Gasteiger partial charge >= 0.3 is 5.97 Å². The quantitative estimate of drug-likeness (QED) is 0.538. The molecule has 0 aliphatic carbocycles. The van der Waals surface area contributed by atoms with Gasteiger partial charge in [-0.05, 0) is 12.8 Å². The Morgan fingerprint density at radius 1 is 1.33 bits per heavy atom. The molecule has 2 amide bonds. The number of rotatable bonds is 7. The van der Waals surface area contributed by atoms with Crippen molar-refractivity contribution in [1.82, 2.24) is 5.32 Å².